The fraction of sp³-hybridized carbons (Fsp3) is 0.533. The van der Waals surface area contributed by atoms with Crippen LogP contribution in [0.2, 0.25) is 0 Å². The molecule has 0 heterocycles. The van der Waals surface area contributed by atoms with Crippen LogP contribution in [0.15, 0.2) is 18.2 Å². The number of hydrogen-bond acceptors (Lipinski definition) is 2. The summed E-state index contributed by atoms with van der Waals surface area (Å²) in [5.74, 6) is -1.56. The Balaban J connectivity index is 1.82. The lowest BCUT2D eigenvalue weighted by atomic mass is 9.57. The summed E-state index contributed by atoms with van der Waals surface area (Å²) in [6, 6.07) is 3.65. The van der Waals surface area contributed by atoms with Crippen LogP contribution in [0.25, 0.3) is 0 Å². The van der Waals surface area contributed by atoms with Gasteiger partial charge in [0.05, 0.1) is 5.41 Å². The van der Waals surface area contributed by atoms with Gasteiger partial charge in [-0.05, 0) is 25.0 Å². The molecule has 0 saturated heterocycles. The molecule has 102 valence electrons. The molecule has 2 fully saturated rings. The van der Waals surface area contributed by atoms with Gasteiger partial charge in [0.25, 0.3) is 0 Å². The number of ether oxygens (including phenoxy) is 1. The minimum Gasteiger partial charge on any atom is -0.483 e. The quantitative estimate of drug-likeness (QED) is 0.817. The Morgan fingerprint density at radius 2 is 1.74 bits per heavy atom. The number of carbonyl (C=O) groups is 1. The summed E-state index contributed by atoms with van der Waals surface area (Å²) >= 11 is 0. The highest BCUT2D eigenvalue weighted by Crippen LogP contribution is 2.50. The van der Waals surface area contributed by atoms with E-state index in [4.69, 9.17) is 4.74 Å². The SMILES string of the molecule is O=C1CC(Oc2c(F)cccc2F)C12CCCCC2. The Morgan fingerprint density at radius 1 is 1.11 bits per heavy atom. The zero-order valence-electron chi connectivity index (χ0n) is 10.6. The van der Waals surface area contributed by atoms with Crippen molar-refractivity contribution in [2.45, 2.75) is 44.6 Å². The van der Waals surface area contributed by atoms with Crippen molar-refractivity contribution in [1.29, 1.82) is 0 Å². The van der Waals surface area contributed by atoms with Gasteiger partial charge in [0.1, 0.15) is 11.9 Å². The monoisotopic (exact) mass is 266 g/mol. The van der Waals surface area contributed by atoms with E-state index in [-0.39, 0.29) is 24.1 Å². The van der Waals surface area contributed by atoms with Crippen molar-refractivity contribution in [3.05, 3.63) is 29.8 Å². The maximum Gasteiger partial charge on any atom is 0.191 e. The van der Waals surface area contributed by atoms with E-state index in [1.54, 1.807) is 0 Å². The molecule has 2 aliphatic rings. The number of benzene rings is 1. The lowest BCUT2D eigenvalue weighted by molar-refractivity contribution is -0.157. The van der Waals surface area contributed by atoms with E-state index < -0.39 is 17.0 Å². The van der Waals surface area contributed by atoms with Gasteiger partial charge in [-0.2, -0.15) is 0 Å². The molecular weight excluding hydrogens is 250 g/mol. The average molecular weight is 266 g/mol. The molecule has 1 aromatic carbocycles. The summed E-state index contributed by atoms with van der Waals surface area (Å²) in [5.41, 5.74) is -0.479. The van der Waals surface area contributed by atoms with Gasteiger partial charge in [-0.3, -0.25) is 4.79 Å². The number of ketones is 1. The number of rotatable bonds is 2. The minimum atomic E-state index is -0.703. The molecule has 3 rings (SSSR count). The summed E-state index contributed by atoms with van der Waals surface area (Å²) in [7, 11) is 0. The van der Waals surface area contributed by atoms with Gasteiger partial charge < -0.3 is 4.74 Å². The highest BCUT2D eigenvalue weighted by atomic mass is 19.1. The van der Waals surface area contributed by atoms with Gasteiger partial charge in [0.15, 0.2) is 17.4 Å². The van der Waals surface area contributed by atoms with Gasteiger partial charge >= 0.3 is 0 Å². The molecule has 0 amide bonds. The molecule has 1 aromatic rings. The summed E-state index contributed by atoms with van der Waals surface area (Å²) < 4.78 is 32.7. The number of halogens is 2. The normalized spacial score (nSPS) is 25.2. The van der Waals surface area contributed by atoms with Crippen LogP contribution in [0.3, 0.4) is 0 Å². The van der Waals surface area contributed by atoms with E-state index in [1.807, 2.05) is 0 Å². The molecule has 4 heteroatoms. The van der Waals surface area contributed by atoms with Crippen LogP contribution in [-0.4, -0.2) is 11.9 Å². The zero-order chi connectivity index (χ0) is 13.5. The second-order valence-corrected chi connectivity index (χ2v) is 5.50. The Kier molecular flexibility index (Phi) is 3.03. The summed E-state index contributed by atoms with van der Waals surface area (Å²) in [4.78, 5) is 11.9. The fourth-order valence-electron chi connectivity index (χ4n) is 3.29. The molecule has 0 N–H and O–H groups in total. The third-order valence-corrected chi connectivity index (χ3v) is 4.47. The molecule has 0 aliphatic heterocycles. The Bertz CT molecular complexity index is 487. The first-order valence-corrected chi connectivity index (χ1v) is 6.77. The molecule has 1 spiro atoms. The molecule has 0 aromatic heterocycles. The van der Waals surface area contributed by atoms with Crippen LogP contribution in [-0.2, 0) is 4.79 Å². The Hall–Kier alpha value is -1.45. The van der Waals surface area contributed by atoms with Crippen molar-refractivity contribution in [3.63, 3.8) is 0 Å². The third kappa shape index (κ3) is 1.94. The molecule has 19 heavy (non-hydrogen) atoms. The molecule has 2 saturated carbocycles. The highest BCUT2D eigenvalue weighted by Gasteiger charge is 2.56. The molecule has 1 unspecified atom stereocenters. The average Bonchev–Trinajstić information content (AvgIpc) is 2.43. The second kappa shape index (κ2) is 4.58. The zero-order valence-corrected chi connectivity index (χ0v) is 10.6. The van der Waals surface area contributed by atoms with Crippen LogP contribution in [0.5, 0.6) is 5.75 Å². The van der Waals surface area contributed by atoms with Crippen molar-refractivity contribution < 1.29 is 18.3 Å². The van der Waals surface area contributed by atoms with Gasteiger partial charge in [0, 0.05) is 6.42 Å². The molecule has 2 aliphatic carbocycles. The van der Waals surface area contributed by atoms with Gasteiger partial charge in [-0.15, -0.1) is 0 Å². The lowest BCUT2D eigenvalue weighted by Crippen LogP contribution is -2.57. The first kappa shape index (κ1) is 12.6. The predicted molar refractivity (Wildman–Crippen MR) is 65.9 cm³/mol. The molecule has 1 atom stereocenters. The topological polar surface area (TPSA) is 26.3 Å². The number of Topliss-reactive ketones (excluding diaryl/α,β-unsaturated/α-hetero) is 1. The van der Waals surface area contributed by atoms with Crippen LogP contribution in [0.1, 0.15) is 38.5 Å². The second-order valence-electron chi connectivity index (χ2n) is 5.50. The van der Waals surface area contributed by atoms with Crippen molar-refractivity contribution in [2.24, 2.45) is 5.41 Å². The maximum absolute atomic E-state index is 13.6. The third-order valence-electron chi connectivity index (χ3n) is 4.47. The maximum atomic E-state index is 13.6. The Labute approximate surface area is 110 Å². The fourth-order valence-corrected chi connectivity index (χ4v) is 3.29. The van der Waals surface area contributed by atoms with Crippen molar-refractivity contribution in [1.82, 2.24) is 0 Å². The smallest absolute Gasteiger partial charge is 0.191 e. The highest BCUT2D eigenvalue weighted by molar-refractivity contribution is 5.92. The van der Waals surface area contributed by atoms with E-state index in [2.05, 4.69) is 0 Å². The van der Waals surface area contributed by atoms with Gasteiger partial charge in [-0.1, -0.05) is 25.3 Å². The van der Waals surface area contributed by atoms with Gasteiger partial charge in [0.2, 0.25) is 0 Å². The predicted octanol–water partition coefficient (Wildman–Crippen LogP) is 3.64. The molecule has 0 radical (unpaired) electrons. The summed E-state index contributed by atoms with van der Waals surface area (Å²) in [5, 5.41) is 0. The van der Waals surface area contributed by atoms with Gasteiger partial charge in [-0.25, -0.2) is 8.78 Å². The van der Waals surface area contributed by atoms with Crippen molar-refractivity contribution in [2.75, 3.05) is 0 Å². The van der Waals surface area contributed by atoms with E-state index in [0.717, 1.165) is 32.1 Å². The summed E-state index contributed by atoms with van der Waals surface area (Å²) in [6.45, 7) is 0. The molecule has 0 bridgehead atoms. The minimum absolute atomic E-state index is 0.189. The van der Waals surface area contributed by atoms with E-state index in [1.165, 1.54) is 18.2 Å². The first-order valence-electron chi connectivity index (χ1n) is 6.77. The van der Waals surface area contributed by atoms with Crippen LogP contribution >= 0.6 is 0 Å². The lowest BCUT2D eigenvalue weighted by Gasteiger charge is -2.49. The Morgan fingerprint density at radius 3 is 2.32 bits per heavy atom. The van der Waals surface area contributed by atoms with Crippen molar-refractivity contribution in [3.8, 4) is 5.75 Å². The largest absolute Gasteiger partial charge is 0.483 e. The van der Waals surface area contributed by atoms with Crippen molar-refractivity contribution >= 4 is 5.78 Å². The summed E-state index contributed by atoms with van der Waals surface area (Å²) in [6.07, 6.45) is 4.58. The van der Waals surface area contributed by atoms with E-state index >= 15 is 0 Å². The molecule has 2 nitrogen and oxygen atoms in total. The van der Waals surface area contributed by atoms with Crippen LogP contribution in [0.4, 0.5) is 8.78 Å². The van der Waals surface area contributed by atoms with E-state index in [9.17, 15) is 13.6 Å². The number of hydrogen-bond donors (Lipinski definition) is 0. The molecular formula is C15H16F2O2. The number of carbonyl (C=O) groups excluding carboxylic acids is 1. The first-order chi connectivity index (χ1) is 9.13. The van der Waals surface area contributed by atoms with Crippen LogP contribution < -0.4 is 4.74 Å². The van der Waals surface area contributed by atoms with Crippen LogP contribution in [0, 0.1) is 17.0 Å². The van der Waals surface area contributed by atoms with E-state index in [0.29, 0.717) is 0 Å². The standard InChI is InChI=1S/C15H16F2O2/c16-10-5-4-6-11(17)14(10)19-13-9-12(18)15(13)7-2-1-3-8-15/h4-6,13H,1-3,7-9H2. The number of para-hydroxylation sites is 1.